The number of methoxy groups -OCH3 is 1. The van der Waals surface area contributed by atoms with Gasteiger partial charge in [-0.3, -0.25) is 4.79 Å². The standard InChI is InChI=1S/C17H18ClNO4/c1-3-22-17-14(18)9-12(10-15(17)21-2)6-7-16(20)19-11-13-5-4-8-23-13/h4-10H,3,11H2,1-2H3,(H,19,20). The number of benzene rings is 1. The fourth-order valence-electron chi connectivity index (χ4n) is 1.94. The van der Waals surface area contributed by atoms with Crippen molar-refractivity contribution in [3.8, 4) is 11.5 Å². The minimum atomic E-state index is -0.231. The van der Waals surface area contributed by atoms with Gasteiger partial charge in [0.15, 0.2) is 11.5 Å². The quantitative estimate of drug-likeness (QED) is 0.784. The highest BCUT2D eigenvalue weighted by molar-refractivity contribution is 6.32. The van der Waals surface area contributed by atoms with Gasteiger partial charge in [-0.25, -0.2) is 0 Å². The predicted octanol–water partition coefficient (Wildman–Crippen LogP) is 3.67. The number of nitrogens with one attached hydrogen (secondary N) is 1. The summed E-state index contributed by atoms with van der Waals surface area (Å²) in [4.78, 5) is 11.8. The summed E-state index contributed by atoms with van der Waals surface area (Å²) in [5, 5.41) is 3.15. The van der Waals surface area contributed by atoms with E-state index in [1.165, 1.54) is 13.2 Å². The highest BCUT2D eigenvalue weighted by atomic mass is 35.5. The number of carbonyl (C=O) groups is 1. The van der Waals surface area contributed by atoms with Crippen molar-refractivity contribution in [2.24, 2.45) is 0 Å². The molecule has 0 spiro atoms. The maximum absolute atomic E-state index is 11.8. The SMILES string of the molecule is CCOc1c(Cl)cc(C=CC(=O)NCc2ccco2)cc1OC. The molecule has 1 heterocycles. The highest BCUT2D eigenvalue weighted by Gasteiger charge is 2.10. The van der Waals surface area contributed by atoms with Crippen LogP contribution in [-0.2, 0) is 11.3 Å². The molecule has 0 aliphatic rings. The summed E-state index contributed by atoms with van der Waals surface area (Å²) < 4.78 is 15.9. The lowest BCUT2D eigenvalue weighted by molar-refractivity contribution is -0.116. The first-order chi connectivity index (χ1) is 11.1. The molecule has 23 heavy (non-hydrogen) atoms. The van der Waals surface area contributed by atoms with Crippen LogP contribution in [0.2, 0.25) is 5.02 Å². The van der Waals surface area contributed by atoms with Crippen LogP contribution in [0.15, 0.2) is 41.0 Å². The Morgan fingerprint density at radius 2 is 2.26 bits per heavy atom. The fourth-order valence-corrected chi connectivity index (χ4v) is 2.21. The molecule has 0 bridgehead atoms. The number of hydrogen-bond acceptors (Lipinski definition) is 4. The Kier molecular flexibility index (Phi) is 6.11. The van der Waals surface area contributed by atoms with Crippen LogP contribution in [0, 0.1) is 0 Å². The molecule has 1 N–H and O–H groups in total. The Hall–Kier alpha value is -2.40. The molecule has 0 unspecified atom stereocenters. The Labute approximate surface area is 139 Å². The van der Waals surface area contributed by atoms with Crippen LogP contribution in [0.25, 0.3) is 6.08 Å². The average molecular weight is 336 g/mol. The van der Waals surface area contributed by atoms with Crippen molar-refractivity contribution in [2.75, 3.05) is 13.7 Å². The van der Waals surface area contributed by atoms with Crippen molar-refractivity contribution < 1.29 is 18.7 Å². The zero-order valence-electron chi connectivity index (χ0n) is 13.0. The van der Waals surface area contributed by atoms with Gasteiger partial charge in [-0.15, -0.1) is 0 Å². The molecule has 0 fully saturated rings. The number of ether oxygens (including phenoxy) is 2. The molecule has 1 aromatic heterocycles. The van der Waals surface area contributed by atoms with E-state index < -0.39 is 0 Å². The van der Waals surface area contributed by atoms with Crippen LogP contribution in [-0.4, -0.2) is 19.6 Å². The van der Waals surface area contributed by atoms with Gasteiger partial charge in [-0.05, 0) is 42.8 Å². The smallest absolute Gasteiger partial charge is 0.244 e. The Balaban J connectivity index is 2.03. The molecule has 1 aromatic carbocycles. The second kappa shape index (κ2) is 8.29. The van der Waals surface area contributed by atoms with Crippen molar-refractivity contribution in [3.63, 3.8) is 0 Å². The number of carbonyl (C=O) groups excluding carboxylic acids is 1. The lowest BCUT2D eigenvalue weighted by Crippen LogP contribution is -2.19. The van der Waals surface area contributed by atoms with E-state index >= 15 is 0 Å². The lowest BCUT2D eigenvalue weighted by Gasteiger charge is -2.11. The monoisotopic (exact) mass is 335 g/mol. The highest BCUT2D eigenvalue weighted by Crippen LogP contribution is 2.36. The zero-order chi connectivity index (χ0) is 16.7. The second-order valence-electron chi connectivity index (χ2n) is 4.60. The van der Waals surface area contributed by atoms with Crippen molar-refractivity contribution in [2.45, 2.75) is 13.5 Å². The maximum atomic E-state index is 11.8. The number of rotatable bonds is 7. The number of hydrogen-bond donors (Lipinski definition) is 1. The van der Waals surface area contributed by atoms with E-state index in [2.05, 4.69) is 5.32 Å². The van der Waals surface area contributed by atoms with Crippen LogP contribution < -0.4 is 14.8 Å². The average Bonchev–Trinajstić information content (AvgIpc) is 3.06. The van der Waals surface area contributed by atoms with E-state index in [1.54, 1.807) is 36.6 Å². The third-order valence-electron chi connectivity index (χ3n) is 2.98. The molecule has 0 aliphatic carbocycles. The van der Waals surface area contributed by atoms with E-state index in [-0.39, 0.29) is 5.91 Å². The molecule has 2 rings (SSSR count). The van der Waals surface area contributed by atoms with E-state index in [1.807, 2.05) is 6.92 Å². The molecule has 0 radical (unpaired) electrons. The van der Waals surface area contributed by atoms with Crippen LogP contribution in [0.4, 0.5) is 0 Å². The van der Waals surface area contributed by atoms with Crippen LogP contribution >= 0.6 is 11.6 Å². The summed E-state index contributed by atoms with van der Waals surface area (Å²) in [5.74, 6) is 1.48. The summed E-state index contributed by atoms with van der Waals surface area (Å²) in [5.41, 5.74) is 0.739. The molecule has 122 valence electrons. The van der Waals surface area contributed by atoms with Gasteiger partial charge in [0.2, 0.25) is 5.91 Å². The van der Waals surface area contributed by atoms with E-state index in [9.17, 15) is 4.79 Å². The Morgan fingerprint density at radius 1 is 1.43 bits per heavy atom. The normalized spacial score (nSPS) is 10.7. The number of amides is 1. The molecular weight excluding hydrogens is 318 g/mol. The van der Waals surface area contributed by atoms with Gasteiger partial charge in [-0.2, -0.15) is 0 Å². The van der Waals surface area contributed by atoms with Gasteiger partial charge < -0.3 is 19.2 Å². The summed E-state index contributed by atoms with van der Waals surface area (Å²) in [6, 6.07) is 7.03. The van der Waals surface area contributed by atoms with Gasteiger partial charge >= 0.3 is 0 Å². The molecule has 0 atom stereocenters. The van der Waals surface area contributed by atoms with Crippen molar-refractivity contribution in [1.29, 1.82) is 0 Å². The third kappa shape index (κ3) is 4.79. The van der Waals surface area contributed by atoms with Crippen molar-refractivity contribution >= 4 is 23.6 Å². The molecule has 5 nitrogen and oxygen atoms in total. The molecule has 6 heteroatoms. The Morgan fingerprint density at radius 3 is 2.91 bits per heavy atom. The molecule has 0 aliphatic heterocycles. The first-order valence-electron chi connectivity index (χ1n) is 7.12. The van der Waals surface area contributed by atoms with Gasteiger partial charge in [-0.1, -0.05) is 11.6 Å². The Bertz CT molecular complexity index is 680. The van der Waals surface area contributed by atoms with Gasteiger partial charge in [0.1, 0.15) is 5.76 Å². The zero-order valence-corrected chi connectivity index (χ0v) is 13.7. The van der Waals surface area contributed by atoms with E-state index in [0.717, 1.165) is 5.56 Å². The van der Waals surface area contributed by atoms with Crippen molar-refractivity contribution in [3.05, 3.63) is 53.0 Å². The topological polar surface area (TPSA) is 60.7 Å². The molecule has 2 aromatic rings. The molecule has 0 saturated heterocycles. The summed E-state index contributed by atoms with van der Waals surface area (Å²) >= 11 is 6.18. The van der Waals surface area contributed by atoms with Crippen molar-refractivity contribution in [1.82, 2.24) is 5.32 Å². The number of furan rings is 1. The van der Waals surface area contributed by atoms with Crippen LogP contribution in [0.3, 0.4) is 0 Å². The van der Waals surface area contributed by atoms with Crippen LogP contribution in [0.5, 0.6) is 11.5 Å². The minimum Gasteiger partial charge on any atom is -0.493 e. The molecule has 0 saturated carbocycles. The maximum Gasteiger partial charge on any atom is 0.244 e. The van der Waals surface area contributed by atoms with E-state index in [0.29, 0.717) is 35.4 Å². The van der Waals surface area contributed by atoms with E-state index in [4.69, 9.17) is 25.5 Å². The fraction of sp³-hybridized carbons (Fsp3) is 0.235. The summed E-state index contributed by atoms with van der Waals surface area (Å²) in [7, 11) is 1.54. The third-order valence-corrected chi connectivity index (χ3v) is 3.27. The summed E-state index contributed by atoms with van der Waals surface area (Å²) in [6.07, 6.45) is 4.64. The first-order valence-corrected chi connectivity index (χ1v) is 7.50. The van der Waals surface area contributed by atoms with Gasteiger partial charge in [0, 0.05) is 6.08 Å². The first kappa shape index (κ1) is 17.0. The molecular formula is C17H18ClNO4. The second-order valence-corrected chi connectivity index (χ2v) is 5.00. The predicted molar refractivity (Wildman–Crippen MR) is 88.8 cm³/mol. The molecule has 1 amide bonds. The van der Waals surface area contributed by atoms with Gasteiger partial charge in [0.05, 0.1) is 31.5 Å². The van der Waals surface area contributed by atoms with Crippen LogP contribution in [0.1, 0.15) is 18.2 Å². The summed E-state index contributed by atoms with van der Waals surface area (Å²) in [6.45, 7) is 2.69. The minimum absolute atomic E-state index is 0.231. The number of halogens is 1. The lowest BCUT2D eigenvalue weighted by atomic mass is 10.2. The van der Waals surface area contributed by atoms with Gasteiger partial charge in [0.25, 0.3) is 0 Å². The largest absolute Gasteiger partial charge is 0.493 e.